The summed E-state index contributed by atoms with van der Waals surface area (Å²) in [6.07, 6.45) is 1.58. The molecule has 6 nitrogen and oxygen atoms in total. The third-order valence-electron chi connectivity index (χ3n) is 3.99. The van der Waals surface area contributed by atoms with E-state index in [9.17, 15) is 20.0 Å². The second kappa shape index (κ2) is 8.50. The summed E-state index contributed by atoms with van der Waals surface area (Å²) in [4.78, 5) is 26.5. The fourth-order valence-corrected chi connectivity index (χ4v) is 3.97. The lowest BCUT2D eigenvalue weighted by atomic mass is 10.1. The van der Waals surface area contributed by atoms with Crippen LogP contribution in [0.1, 0.15) is 23.6 Å². The van der Waals surface area contributed by atoms with Gasteiger partial charge in [0.2, 0.25) is 0 Å². The average molecular weight is 459 g/mol. The molecule has 1 N–H and O–H groups in total. The number of thioether (sulfide) groups is 1. The molecule has 0 radical (unpaired) electrons. The summed E-state index contributed by atoms with van der Waals surface area (Å²) in [7, 11) is 0. The van der Waals surface area contributed by atoms with Crippen molar-refractivity contribution in [2.45, 2.75) is 13.5 Å². The van der Waals surface area contributed by atoms with Crippen molar-refractivity contribution >= 4 is 44.9 Å². The molecular weight excluding hydrogens is 444 g/mol. The number of imide groups is 1. The number of nitriles is 1. The summed E-state index contributed by atoms with van der Waals surface area (Å²) in [6, 6.07) is 12.2. The molecule has 0 atom stereocenters. The second-order valence-corrected chi connectivity index (χ2v) is 7.67. The number of halogens is 1. The van der Waals surface area contributed by atoms with Gasteiger partial charge in [-0.1, -0.05) is 18.2 Å². The van der Waals surface area contributed by atoms with E-state index in [0.29, 0.717) is 27.8 Å². The lowest BCUT2D eigenvalue weighted by Crippen LogP contribution is -2.27. The van der Waals surface area contributed by atoms with Gasteiger partial charge in [0.15, 0.2) is 11.5 Å². The molecule has 0 saturated carbocycles. The number of phenolic OH excluding ortho intramolecular Hbond substituents is 1. The van der Waals surface area contributed by atoms with Gasteiger partial charge in [-0.3, -0.25) is 14.5 Å². The predicted molar refractivity (Wildman–Crippen MR) is 110 cm³/mol. The Morgan fingerprint density at radius 2 is 2.07 bits per heavy atom. The Balaban J connectivity index is 1.88. The molecule has 0 unspecified atom stereocenters. The van der Waals surface area contributed by atoms with Gasteiger partial charge in [-0.05, 0) is 70.0 Å². The number of benzene rings is 2. The number of ether oxygens (including phenoxy) is 1. The van der Waals surface area contributed by atoms with Crippen LogP contribution in [0.3, 0.4) is 0 Å². The molecule has 0 bridgehead atoms. The summed E-state index contributed by atoms with van der Waals surface area (Å²) >= 11 is 4.09. The minimum Gasteiger partial charge on any atom is -0.503 e. The van der Waals surface area contributed by atoms with Crippen LogP contribution < -0.4 is 4.74 Å². The largest absolute Gasteiger partial charge is 0.503 e. The van der Waals surface area contributed by atoms with E-state index in [-0.39, 0.29) is 22.9 Å². The summed E-state index contributed by atoms with van der Waals surface area (Å²) in [6.45, 7) is 2.21. The molecule has 0 aliphatic carbocycles. The van der Waals surface area contributed by atoms with Crippen molar-refractivity contribution in [1.82, 2.24) is 4.90 Å². The Bertz CT molecular complexity index is 1030. The fraction of sp³-hybridized carbons (Fsp3) is 0.150. The molecule has 0 aromatic heterocycles. The minimum atomic E-state index is -0.426. The average Bonchev–Trinajstić information content (AvgIpc) is 2.93. The molecule has 142 valence electrons. The number of nitrogens with zero attached hydrogens (tertiary/aromatic N) is 2. The van der Waals surface area contributed by atoms with Crippen LogP contribution in [0.2, 0.25) is 0 Å². The van der Waals surface area contributed by atoms with Gasteiger partial charge in [-0.15, -0.1) is 0 Å². The molecule has 2 aromatic carbocycles. The Morgan fingerprint density at radius 1 is 1.32 bits per heavy atom. The lowest BCUT2D eigenvalue weighted by molar-refractivity contribution is -0.123. The van der Waals surface area contributed by atoms with Gasteiger partial charge in [0.25, 0.3) is 11.1 Å². The molecule has 2 aromatic rings. The molecule has 1 aliphatic rings. The van der Waals surface area contributed by atoms with E-state index in [4.69, 9.17) is 4.74 Å². The molecule has 8 heteroatoms. The highest BCUT2D eigenvalue weighted by atomic mass is 79.9. The third-order valence-corrected chi connectivity index (χ3v) is 5.50. The number of amides is 2. The van der Waals surface area contributed by atoms with Crippen molar-refractivity contribution in [3.05, 3.63) is 62.5 Å². The van der Waals surface area contributed by atoms with Crippen LogP contribution in [-0.4, -0.2) is 27.8 Å². The van der Waals surface area contributed by atoms with E-state index < -0.39 is 11.1 Å². The summed E-state index contributed by atoms with van der Waals surface area (Å²) in [5.74, 6) is -0.171. The van der Waals surface area contributed by atoms with Crippen molar-refractivity contribution in [1.29, 1.82) is 5.26 Å². The number of carbonyl (C=O) groups excluding carboxylic acids is 2. The first-order valence-corrected chi connectivity index (χ1v) is 9.94. The highest BCUT2D eigenvalue weighted by Crippen LogP contribution is 2.38. The van der Waals surface area contributed by atoms with Crippen molar-refractivity contribution < 1.29 is 19.4 Å². The molecule has 2 amide bonds. The number of aromatic hydroxyl groups is 1. The van der Waals surface area contributed by atoms with Crippen molar-refractivity contribution in [3.63, 3.8) is 0 Å². The highest BCUT2D eigenvalue weighted by molar-refractivity contribution is 9.10. The van der Waals surface area contributed by atoms with Gasteiger partial charge in [-0.25, -0.2) is 0 Å². The molecule has 1 fully saturated rings. The number of rotatable bonds is 5. The topological polar surface area (TPSA) is 90.6 Å². The SMILES string of the molecule is CCOc1cc(C=C2SC(=O)N(Cc3ccccc3C#N)C2=O)cc(Br)c1O. The Morgan fingerprint density at radius 3 is 2.79 bits per heavy atom. The number of hydrogen-bond acceptors (Lipinski definition) is 6. The summed E-state index contributed by atoms with van der Waals surface area (Å²) in [5.41, 5.74) is 1.64. The fourth-order valence-electron chi connectivity index (χ4n) is 2.67. The van der Waals surface area contributed by atoms with Gasteiger partial charge in [0.05, 0.1) is 34.2 Å². The first-order chi connectivity index (χ1) is 13.4. The Labute approximate surface area is 174 Å². The highest BCUT2D eigenvalue weighted by Gasteiger charge is 2.35. The molecule has 1 saturated heterocycles. The van der Waals surface area contributed by atoms with Gasteiger partial charge >= 0.3 is 0 Å². The third kappa shape index (κ3) is 4.06. The Kier molecular flexibility index (Phi) is 6.07. The zero-order chi connectivity index (χ0) is 20.3. The predicted octanol–water partition coefficient (Wildman–Crippen LogP) is 4.66. The summed E-state index contributed by atoms with van der Waals surface area (Å²) < 4.78 is 5.81. The van der Waals surface area contributed by atoms with Crippen LogP contribution in [-0.2, 0) is 11.3 Å². The first kappa shape index (κ1) is 20.0. The summed E-state index contributed by atoms with van der Waals surface area (Å²) in [5, 5.41) is 18.8. The Hall–Kier alpha value is -2.76. The monoisotopic (exact) mass is 458 g/mol. The molecule has 0 spiro atoms. The van der Waals surface area contributed by atoms with Crippen molar-refractivity contribution in [2.24, 2.45) is 0 Å². The van der Waals surface area contributed by atoms with Crippen LogP contribution in [0, 0.1) is 11.3 Å². The van der Waals surface area contributed by atoms with Gasteiger partial charge < -0.3 is 9.84 Å². The van der Waals surface area contributed by atoms with E-state index in [1.165, 1.54) is 0 Å². The molecule has 1 aliphatic heterocycles. The van der Waals surface area contributed by atoms with Crippen LogP contribution in [0.5, 0.6) is 11.5 Å². The standard InChI is InChI=1S/C20H15BrN2O4S/c1-2-27-16-8-12(7-15(21)18(16)24)9-17-19(25)23(20(26)28-17)11-14-6-4-3-5-13(14)10-22/h3-9,24H,2,11H2,1H3. The normalized spacial score (nSPS) is 15.2. The minimum absolute atomic E-state index is 0.0276. The van der Waals surface area contributed by atoms with Crippen LogP contribution in [0.4, 0.5) is 4.79 Å². The van der Waals surface area contributed by atoms with Crippen LogP contribution in [0.25, 0.3) is 6.08 Å². The van der Waals surface area contributed by atoms with Crippen LogP contribution >= 0.6 is 27.7 Å². The molecule has 1 heterocycles. The van der Waals surface area contributed by atoms with E-state index >= 15 is 0 Å². The molecule has 3 rings (SSSR count). The smallest absolute Gasteiger partial charge is 0.293 e. The number of hydrogen-bond donors (Lipinski definition) is 1. The lowest BCUT2D eigenvalue weighted by Gasteiger charge is -2.13. The zero-order valence-corrected chi connectivity index (χ0v) is 17.2. The maximum absolute atomic E-state index is 12.7. The maximum Gasteiger partial charge on any atom is 0.293 e. The van der Waals surface area contributed by atoms with Gasteiger partial charge in [-0.2, -0.15) is 5.26 Å². The van der Waals surface area contributed by atoms with E-state index in [0.717, 1.165) is 16.7 Å². The maximum atomic E-state index is 12.7. The van der Waals surface area contributed by atoms with Gasteiger partial charge in [0.1, 0.15) is 0 Å². The number of carbonyl (C=O) groups is 2. The van der Waals surface area contributed by atoms with E-state index in [1.54, 1.807) is 49.4 Å². The quantitative estimate of drug-likeness (QED) is 0.654. The molecular formula is C20H15BrN2O4S. The van der Waals surface area contributed by atoms with E-state index in [1.807, 2.05) is 0 Å². The second-order valence-electron chi connectivity index (χ2n) is 5.82. The van der Waals surface area contributed by atoms with Crippen molar-refractivity contribution in [2.75, 3.05) is 6.61 Å². The van der Waals surface area contributed by atoms with Gasteiger partial charge in [0, 0.05) is 0 Å². The van der Waals surface area contributed by atoms with E-state index in [2.05, 4.69) is 22.0 Å². The molecule has 28 heavy (non-hydrogen) atoms. The van der Waals surface area contributed by atoms with Crippen molar-refractivity contribution in [3.8, 4) is 17.6 Å². The number of phenols is 1. The zero-order valence-electron chi connectivity index (χ0n) is 14.8. The van der Waals surface area contributed by atoms with Crippen LogP contribution in [0.15, 0.2) is 45.8 Å². The first-order valence-electron chi connectivity index (χ1n) is 8.33.